The molecule has 178 valence electrons. The molecule has 1 aromatic heterocycles. The van der Waals surface area contributed by atoms with Crippen molar-refractivity contribution < 1.29 is 18.3 Å². The van der Waals surface area contributed by atoms with Crippen molar-refractivity contribution >= 4 is 29.9 Å². The van der Waals surface area contributed by atoms with Gasteiger partial charge in [-0.2, -0.15) is 0 Å². The molecule has 0 saturated carbocycles. The van der Waals surface area contributed by atoms with Crippen LogP contribution in [0.15, 0.2) is 46.0 Å². The highest BCUT2D eigenvalue weighted by Crippen LogP contribution is 2.21. The smallest absolute Gasteiger partial charge is 0.191 e. The molecule has 0 aliphatic carbocycles. The maximum Gasteiger partial charge on any atom is 0.191 e. The molecule has 0 spiro atoms. The monoisotopic (exact) mass is 560 g/mol. The van der Waals surface area contributed by atoms with Gasteiger partial charge in [0.05, 0.1) is 32.6 Å². The van der Waals surface area contributed by atoms with Crippen molar-refractivity contribution in [1.82, 2.24) is 15.5 Å². The molecule has 0 amide bonds. The van der Waals surface area contributed by atoms with Gasteiger partial charge >= 0.3 is 0 Å². The number of guanidine groups is 1. The van der Waals surface area contributed by atoms with Crippen molar-refractivity contribution in [2.75, 3.05) is 53.0 Å². The molecule has 1 unspecified atom stereocenters. The number of rotatable bonds is 10. The van der Waals surface area contributed by atoms with E-state index in [1.165, 1.54) is 13.2 Å². The largest absolute Gasteiger partial charge is 0.494 e. The van der Waals surface area contributed by atoms with E-state index in [0.29, 0.717) is 19.0 Å². The third kappa shape index (κ3) is 8.59. The summed E-state index contributed by atoms with van der Waals surface area (Å²) in [6, 6.07) is 8.72. The van der Waals surface area contributed by atoms with Crippen molar-refractivity contribution in [3.63, 3.8) is 0 Å². The molecule has 2 N–H and O–H groups in total. The van der Waals surface area contributed by atoms with Gasteiger partial charge < -0.3 is 24.5 Å². The maximum atomic E-state index is 14.1. The number of methoxy groups -OCH3 is 1. The van der Waals surface area contributed by atoms with Crippen LogP contribution in [0.4, 0.5) is 4.39 Å². The third-order valence-corrected chi connectivity index (χ3v) is 5.28. The van der Waals surface area contributed by atoms with E-state index >= 15 is 0 Å². The van der Waals surface area contributed by atoms with Crippen LogP contribution in [0.3, 0.4) is 0 Å². The SMILES string of the molecule is COc1ccc(C(C)NC(=NCCCN2CCOCC2)NCCc2ccco2)cc1F.I. The van der Waals surface area contributed by atoms with Crippen LogP contribution in [0.5, 0.6) is 5.75 Å². The Kier molecular flexibility index (Phi) is 11.8. The molecule has 3 rings (SSSR count). The fourth-order valence-corrected chi connectivity index (χ4v) is 3.46. The first kappa shape index (κ1) is 26.4. The maximum absolute atomic E-state index is 14.1. The highest BCUT2D eigenvalue weighted by atomic mass is 127. The summed E-state index contributed by atoms with van der Waals surface area (Å²) < 4.78 is 29.9. The summed E-state index contributed by atoms with van der Waals surface area (Å²) in [6.45, 7) is 7.96. The van der Waals surface area contributed by atoms with Gasteiger partial charge in [0.2, 0.25) is 0 Å². The van der Waals surface area contributed by atoms with Crippen molar-refractivity contribution in [3.8, 4) is 5.75 Å². The average molecular weight is 560 g/mol. The Morgan fingerprint density at radius 1 is 1.28 bits per heavy atom. The molecule has 1 aliphatic heterocycles. The Morgan fingerprint density at radius 2 is 2.09 bits per heavy atom. The zero-order valence-corrected chi connectivity index (χ0v) is 21.1. The van der Waals surface area contributed by atoms with E-state index in [9.17, 15) is 4.39 Å². The molecule has 1 atom stereocenters. The van der Waals surface area contributed by atoms with E-state index in [-0.39, 0.29) is 41.6 Å². The molecule has 1 saturated heterocycles. The van der Waals surface area contributed by atoms with E-state index in [1.54, 1.807) is 12.3 Å². The Morgan fingerprint density at radius 3 is 2.78 bits per heavy atom. The summed E-state index contributed by atoms with van der Waals surface area (Å²) in [5.41, 5.74) is 0.826. The van der Waals surface area contributed by atoms with E-state index in [0.717, 1.165) is 57.0 Å². The lowest BCUT2D eigenvalue weighted by molar-refractivity contribution is 0.0377. The highest BCUT2D eigenvalue weighted by Gasteiger charge is 2.12. The second-order valence-corrected chi connectivity index (χ2v) is 7.55. The molecule has 1 aliphatic rings. The highest BCUT2D eigenvalue weighted by molar-refractivity contribution is 14.0. The Labute approximate surface area is 206 Å². The van der Waals surface area contributed by atoms with Crippen LogP contribution in [0, 0.1) is 5.82 Å². The summed E-state index contributed by atoms with van der Waals surface area (Å²) in [4.78, 5) is 7.14. The number of nitrogens with one attached hydrogen (secondary N) is 2. The quantitative estimate of drug-likeness (QED) is 0.200. The van der Waals surface area contributed by atoms with Crippen molar-refractivity contribution in [1.29, 1.82) is 0 Å². The molecule has 32 heavy (non-hydrogen) atoms. The van der Waals surface area contributed by atoms with Crippen LogP contribution in [-0.2, 0) is 11.2 Å². The van der Waals surface area contributed by atoms with Gasteiger partial charge in [0.25, 0.3) is 0 Å². The van der Waals surface area contributed by atoms with Gasteiger partial charge in [-0.3, -0.25) is 9.89 Å². The van der Waals surface area contributed by atoms with Crippen molar-refractivity contribution in [3.05, 3.63) is 53.7 Å². The zero-order valence-electron chi connectivity index (χ0n) is 18.8. The summed E-state index contributed by atoms with van der Waals surface area (Å²) >= 11 is 0. The van der Waals surface area contributed by atoms with Gasteiger partial charge in [0.1, 0.15) is 5.76 Å². The normalized spacial score (nSPS) is 15.7. The van der Waals surface area contributed by atoms with Crippen LogP contribution in [0.2, 0.25) is 0 Å². The Balaban J connectivity index is 0.00000363. The van der Waals surface area contributed by atoms with Gasteiger partial charge in [-0.25, -0.2) is 4.39 Å². The number of ether oxygens (including phenoxy) is 2. The van der Waals surface area contributed by atoms with Crippen LogP contribution >= 0.6 is 24.0 Å². The molecule has 2 aromatic rings. The molecule has 9 heteroatoms. The number of morpholine rings is 1. The number of halogens is 2. The lowest BCUT2D eigenvalue weighted by Gasteiger charge is -2.26. The molecule has 2 heterocycles. The Hall–Kier alpha value is -1.85. The van der Waals surface area contributed by atoms with Gasteiger partial charge in [0, 0.05) is 39.1 Å². The predicted molar refractivity (Wildman–Crippen MR) is 135 cm³/mol. The van der Waals surface area contributed by atoms with Gasteiger partial charge in [-0.1, -0.05) is 6.07 Å². The molecular formula is C23H34FIN4O3. The minimum absolute atomic E-state index is 0. The molecule has 0 radical (unpaired) electrons. The number of benzene rings is 1. The molecule has 7 nitrogen and oxygen atoms in total. The first-order valence-corrected chi connectivity index (χ1v) is 10.9. The number of hydrogen-bond acceptors (Lipinski definition) is 5. The van der Waals surface area contributed by atoms with Gasteiger partial charge in [-0.15, -0.1) is 24.0 Å². The van der Waals surface area contributed by atoms with Crippen LogP contribution in [-0.4, -0.2) is 63.9 Å². The summed E-state index contributed by atoms with van der Waals surface area (Å²) in [6.07, 6.45) is 3.40. The second kappa shape index (κ2) is 14.3. The summed E-state index contributed by atoms with van der Waals surface area (Å²) in [7, 11) is 1.46. The van der Waals surface area contributed by atoms with Gasteiger partial charge in [0.15, 0.2) is 17.5 Å². The molecule has 0 bridgehead atoms. The fourth-order valence-electron chi connectivity index (χ4n) is 3.46. The first-order chi connectivity index (χ1) is 15.2. The first-order valence-electron chi connectivity index (χ1n) is 10.9. The standard InChI is InChI=1S/C23H33FN4O3.HI/c1-18(19-6-7-22(29-2)21(24)17-19)27-23(26-10-8-20-5-3-14-31-20)25-9-4-11-28-12-15-30-16-13-28;/h3,5-7,14,17-18H,4,8-13,15-16H2,1-2H3,(H2,25,26,27);1H. The van der Waals surface area contributed by atoms with Gasteiger partial charge in [-0.05, 0) is 43.2 Å². The Bertz CT molecular complexity index is 814. The number of hydrogen-bond donors (Lipinski definition) is 2. The number of aliphatic imine (C=N–C) groups is 1. The summed E-state index contributed by atoms with van der Waals surface area (Å²) in [5.74, 6) is 1.50. The molecular weight excluding hydrogens is 526 g/mol. The third-order valence-electron chi connectivity index (χ3n) is 5.28. The molecule has 1 fully saturated rings. The van der Waals surface area contributed by atoms with E-state index in [2.05, 4.69) is 15.5 Å². The predicted octanol–water partition coefficient (Wildman–Crippen LogP) is 3.61. The lowest BCUT2D eigenvalue weighted by atomic mass is 10.1. The van der Waals surface area contributed by atoms with Crippen LogP contribution in [0.1, 0.15) is 30.7 Å². The second-order valence-electron chi connectivity index (χ2n) is 7.55. The lowest BCUT2D eigenvalue weighted by Crippen LogP contribution is -2.40. The summed E-state index contributed by atoms with van der Waals surface area (Å²) in [5, 5.41) is 6.74. The minimum Gasteiger partial charge on any atom is -0.494 e. The zero-order chi connectivity index (χ0) is 21.9. The minimum atomic E-state index is -0.372. The van der Waals surface area contributed by atoms with E-state index in [1.807, 2.05) is 25.1 Å². The van der Waals surface area contributed by atoms with E-state index in [4.69, 9.17) is 18.9 Å². The van der Waals surface area contributed by atoms with Crippen molar-refractivity contribution in [2.45, 2.75) is 25.8 Å². The average Bonchev–Trinajstić information content (AvgIpc) is 3.30. The topological polar surface area (TPSA) is 71.3 Å². The molecule has 1 aromatic carbocycles. The van der Waals surface area contributed by atoms with Crippen molar-refractivity contribution in [2.24, 2.45) is 4.99 Å². The van der Waals surface area contributed by atoms with Crippen LogP contribution < -0.4 is 15.4 Å². The number of nitrogens with zero attached hydrogens (tertiary/aromatic N) is 2. The fraction of sp³-hybridized carbons (Fsp3) is 0.522. The van der Waals surface area contributed by atoms with Crippen LogP contribution in [0.25, 0.3) is 0 Å². The number of furan rings is 1. The van der Waals surface area contributed by atoms with E-state index < -0.39 is 0 Å².